The van der Waals surface area contributed by atoms with E-state index in [9.17, 15) is 26.4 Å². The third kappa shape index (κ3) is 8.14. The van der Waals surface area contributed by atoms with Crippen LogP contribution in [0.25, 0.3) is 0 Å². The van der Waals surface area contributed by atoms with Crippen molar-refractivity contribution in [3.8, 4) is 0 Å². The highest BCUT2D eigenvalue weighted by molar-refractivity contribution is 7.87. The van der Waals surface area contributed by atoms with E-state index in [1.54, 1.807) is 30.3 Å². The molecule has 1 saturated heterocycles. The molecule has 0 N–H and O–H groups in total. The minimum absolute atomic E-state index is 0.0677. The lowest BCUT2D eigenvalue weighted by molar-refractivity contribution is -0.155. The molecule has 0 radical (unpaired) electrons. The van der Waals surface area contributed by atoms with Gasteiger partial charge in [-0.1, -0.05) is 81.4 Å². The van der Waals surface area contributed by atoms with Gasteiger partial charge in [0.25, 0.3) is 0 Å². The quantitative estimate of drug-likeness (QED) is 0.139. The maximum absolute atomic E-state index is 13.2. The van der Waals surface area contributed by atoms with Gasteiger partial charge in [-0.2, -0.15) is 21.6 Å². The van der Waals surface area contributed by atoms with Gasteiger partial charge in [0.05, 0.1) is 19.8 Å². The summed E-state index contributed by atoms with van der Waals surface area (Å²) in [6, 6.07) is 17.7. The van der Waals surface area contributed by atoms with Crippen molar-refractivity contribution >= 4 is 24.4 Å². The predicted molar refractivity (Wildman–Crippen MR) is 143 cm³/mol. The predicted octanol–water partition coefficient (Wildman–Crippen LogP) is 5.34. The van der Waals surface area contributed by atoms with Crippen molar-refractivity contribution < 1.29 is 49.2 Å². The number of esters is 1. The molecule has 0 saturated carbocycles. The minimum Gasteiger partial charge on any atom is -0.455 e. The van der Waals surface area contributed by atoms with Crippen LogP contribution in [0.5, 0.6) is 0 Å². The summed E-state index contributed by atoms with van der Waals surface area (Å²) >= 11 is 0. The first-order valence-corrected chi connectivity index (χ1v) is 17.0. The molecule has 3 rings (SSSR count). The van der Waals surface area contributed by atoms with Gasteiger partial charge in [0.1, 0.15) is 12.2 Å². The topological polar surface area (TPSA) is 97.4 Å². The Bertz CT molecular complexity index is 1220. The Labute approximate surface area is 234 Å². The number of ether oxygens (including phenoxy) is 3. The Hall–Kier alpha value is -2.29. The van der Waals surface area contributed by atoms with Crippen LogP contribution in [0.3, 0.4) is 0 Å². The van der Waals surface area contributed by atoms with Crippen molar-refractivity contribution in [2.45, 2.75) is 82.0 Å². The second kappa shape index (κ2) is 12.7. The third-order valence-corrected chi connectivity index (χ3v) is 12.5. The standard InChI is InChI=1S/C27H35F3O8SSi/c1-26(2,3)40(4,5)36-18-21(34-16-19-12-8-6-9-13-19)22-23(35-17-20-14-10-7-11-15-20)24(25(31)37-22)38-39(32,33)27(28,29)30/h6-15,21-24H,16-18H2,1-5H3/t21-,22-,23+,24-/m1/s1. The maximum atomic E-state index is 13.2. The highest BCUT2D eigenvalue weighted by atomic mass is 32.2. The number of alkyl halides is 3. The first kappa shape index (κ1) is 32.2. The Morgan fingerprint density at radius 1 is 0.925 bits per heavy atom. The highest BCUT2D eigenvalue weighted by Crippen LogP contribution is 2.38. The van der Waals surface area contributed by atoms with Crippen LogP contribution >= 0.6 is 0 Å². The van der Waals surface area contributed by atoms with E-state index in [4.69, 9.17) is 18.6 Å². The molecule has 8 nitrogen and oxygen atoms in total. The van der Waals surface area contributed by atoms with Crippen molar-refractivity contribution in [3.05, 3.63) is 71.8 Å². The molecule has 0 amide bonds. The summed E-state index contributed by atoms with van der Waals surface area (Å²) in [7, 11) is -8.49. The molecule has 0 spiro atoms. The average Bonchev–Trinajstić information content (AvgIpc) is 3.16. The van der Waals surface area contributed by atoms with E-state index < -0.39 is 54.3 Å². The normalized spacial score (nSPS) is 21.3. The molecule has 0 bridgehead atoms. The fourth-order valence-electron chi connectivity index (χ4n) is 3.62. The van der Waals surface area contributed by atoms with Crippen molar-refractivity contribution in [2.75, 3.05) is 6.61 Å². The minimum atomic E-state index is -6.14. The SMILES string of the molecule is CC(C)(C)[Si](C)(C)OC[C@@H](OCc1ccccc1)[C@H]1OC(=O)[C@H](OS(=O)(=O)C(F)(F)F)[C@H]1OCc1ccccc1. The second-order valence-electron chi connectivity index (χ2n) is 11.0. The van der Waals surface area contributed by atoms with E-state index in [0.717, 1.165) is 5.56 Å². The molecule has 0 unspecified atom stereocenters. The van der Waals surface area contributed by atoms with Gasteiger partial charge in [-0.25, -0.2) is 8.98 Å². The summed E-state index contributed by atoms with van der Waals surface area (Å²) in [4.78, 5) is 12.8. The fourth-order valence-corrected chi connectivity index (χ4v) is 5.20. The lowest BCUT2D eigenvalue weighted by Crippen LogP contribution is -2.49. The maximum Gasteiger partial charge on any atom is 0.523 e. The van der Waals surface area contributed by atoms with Gasteiger partial charge >= 0.3 is 21.6 Å². The summed E-state index contributed by atoms with van der Waals surface area (Å²) in [5, 5.41) is -0.182. The summed E-state index contributed by atoms with van der Waals surface area (Å²) < 4.78 is 91.3. The van der Waals surface area contributed by atoms with Crippen molar-refractivity contribution in [1.29, 1.82) is 0 Å². The Kier molecular flexibility index (Phi) is 10.2. The van der Waals surface area contributed by atoms with Crippen LogP contribution in [0, 0.1) is 0 Å². The molecule has 13 heteroatoms. The number of hydrogen-bond acceptors (Lipinski definition) is 8. The van der Waals surface area contributed by atoms with E-state index >= 15 is 0 Å². The van der Waals surface area contributed by atoms with Gasteiger partial charge in [-0.3, -0.25) is 0 Å². The van der Waals surface area contributed by atoms with Gasteiger partial charge in [-0.05, 0) is 29.3 Å². The van der Waals surface area contributed by atoms with E-state index in [-0.39, 0.29) is 24.9 Å². The van der Waals surface area contributed by atoms with Crippen LogP contribution in [0.15, 0.2) is 60.7 Å². The molecule has 1 heterocycles. The number of carbonyl (C=O) groups excluding carboxylic acids is 1. The largest absolute Gasteiger partial charge is 0.523 e. The zero-order chi connectivity index (χ0) is 29.8. The van der Waals surface area contributed by atoms with E-state index in [0.29, 0.717) is 5.56 Å². The summed E-state index contributed by atoms with van der Waals surface area (Å²) in [5.74, 6) is -1.31. The Morgan fingerprint density at radius 2 is 1.45 bits per heavy atom. The van der Waals surface area contributed by atoms with Gasteiger partial charge in [0.2, 0.25) is 6.10 Å². The number of cyclic esters (lactones) is 1. The van der Waals surface area contributed by atoms with Gasteiger partial charge < -0.3 is 18.6 Å². The first-order valence-electron chi connectivity index (χ1n) is 12.7. The van der Waals surface area contributed by atoms with Crippen LogP contribution in [-0.2, 0) is 50.9 Å². The highest BCUT2D eigenvalue weighted by Gasteiger charge is 2.57. The van der Waals surface area contributed by atoms with Crippen LogP contribution in [0.2, 0.25) is 18.1 Å². The average molecular weight is 605 g/mol. The van der Waals surface area contributed by atoms with Crippen LogP contribution in [0.1, 0.15) is 31.9 Å². The zero-order valence-electron chi connectivity index (χ0n) is 23.0. The van der Waals surface area contributed by atoms with Crippen LogP contribution < -0.4 is 0 Å². The van der Waals surface area contributed by atoms with E-state index in [2.05, 4.69) is 4.18 Å². The molecule has 1 aliphatic heterocycles. The summed E-state index contributed by atoms with van der Waals surface area (Å²) in [6.45, 7) is 9.95. The molecule has 2 aromatic carbocycles. The monoisotopic (exact) mass is 604 g/mol. The van der Waals surface area contributed by atoms with Crippen LogP contribution in [0.4, 0.5) is 13.2 Å². The number of halogens is 3. The Morgan fingerprint density at radius 3 is 1.95 bits per heavy atom. The zero-order valence-corrected chi connectivity index (χ0v) is 24.8. The van der Waals surface area contributed by atoms with Crippen LogP contribution in [-0.4, -0.2) is 59.2 Å². The third-order valence-electron chi connectivity index (χ3n) is 6.99. The number of benzene rings is 2. The van der Waals surface area contributed by atoms with Crippen molar-refractivity contribution in [1.82, 2.24) is 0 Å². The fraction of sp³-hybridized carbons (Fsp3) is 0.519. The molecule has 2 aromatic rings. The molecular formula is C27H35F3O8SSi. The smallest absolute Gasteiger partial charge is 0.455 e. The van der Waals surface area contributed by atoms with Gasteiger partial charge in [0, 0.05) is 0 Å². The number of carbonyl (C=O) groups is 1. The molecular weight excluding hydrogens is 569 g/mol. The van der Waals surface area contributed by atoms with E-state index in [1.165, 1.54) is 0 Å². The van der Waals surface area contributed by atoms with Gasteiger partial charge in [-0.15, -0.1) is 0 Å². The molecule has 222 valence electrons. The molecule has 40 heavy (non-hydrogen) atoms. The molecule has 1 aliphatic rings. The second-order valence-corrected chi connectivity index (χ2v) is 17.4. The molecule has 4 atom stereocenters. The lowest BCUT2D eigenvalue weighted by Gasteiger charge is -2.38. The molecule has 0 aliphatic carbocycles. The molecule has 0 aromatic heterocycles. The number of rotatable bonds is 12. The van der Waals surface area contributed by atoms with Crippen molar-refractivity contribution in [3.63, 3.8) is 0 Å². The van der Waals surface area contributed by atoms with Crippen molar-refractivity contribution in [2.24, 2.45) is 0 Å². The lowest BCUT2D eigenvalue weighted by atomic mass is 10.1. The summed E-state index contributed by atoms with van der Waals surface area (Å²) in [5.41, 5.74) is -4.32. The molecule has 1 fully saturated rings. The number of hydrogen-bond donors (Lipinski definition) is 0. The first-order chi connectivity index (χ1) is 18.5. The van der Waals surface area contributed by atoms with Gasteiger partial charge in [0.15, 0.2) is 14.4 Å². The summed E-state index contributed by atoms with van der Waals surface area (Å²) in [6.07, 6.45) is -6.08. The Balaban J connectivity index is 1.93. The van der Waals surface area contributed by atoms with E-state index in [1.807, 2.05) is 64.2 Å².